The van der Waals surface area contributed by atoms with E-state index < -0.39 is 41.5 Å². The predicted molar refractivity (Wildman–Crippen MR) is 85.0 cm³/mol. The van der Waals surface area contributed by atoms with E-state index in [1.807, 2.05) is 0 Å². The van der Waals surface area contributed by atoms with Crippen molar-refractivity contribution in [3.8, 4) is 11.5 Å². The van der Waals surface area contributed by atoms with Gasteiger partial charge in [-0.25, -0.2) is 16.8 Å². The minimum absolute atomic E-state index is 0. The number of aromatic hydroxyl groups is 2. The van der Waals surface area contributed by atoms with Crippen molar-refractivity contribution in [3.63, 3.8) is 0 Å². The van der Waals surface area contributed by atoms with E-state index in [4.69, 9.17) is 10.2 Å². The topological polar surface area (TPSA) is 155 Å². The molecule has 0 saturated heterocycles. The normalized spacial score (nSPS) is 10.4. The van der Waals surface area contributed by atoms with E-state index >= 15 is 0 Å². The Labute approximate surface area is 191 Å². The first-order valence-corrected chi connectivity index (χ1v) is 8.33. The van der Waals surface area contributed by atoms with Crippen molar-refractivity contribution in [2.75, 3.05) is 0 Å². The molecule has 8 nitrogen and oxygen atoms in total. The summed E-state index contributed by atoms with van der Waals surface area (Å²) in [5.74, 6) is -1.02. The Kier molecular flexibility index (Phi) is 12.0. The van der Waals surface area contributed by atoms with Crippen LogP contribution in [-0.4, -0.2) is 103 Å². The molecule has 0 fully saturated rings. The van der Waals surface area contributed by atoms with Crippen molar-refractivity contribution in [1.29, 1.82) is 0 Å². The van der Waals surface area contributed by atoms with Crippen LogP contribution in [0.15, 0.2) is 58.3 Å². The third-order valence-corrected chi connectivity index (χ3v) is 4.04. The molecule has 12 heteroatoms. The fraction of sp³-hybridized carbons (Fsp3) is 0. The molecule has 0 amide bonds. The molecular weight excluding hydrogens is 399 g/mol. The Hall–Kier alpha value is 0.120. The van der Waals surface area contributed by atoms with Crippen molar-refractivity contribution >= 4 is 87.5 Å². The van der Waals surface area contributed by atoms with Crippen LogP contribution >= 0.6 is 0 Å². The molecule has 0 bridgehead atoms. The molecule has 2 rings (SSSR count). The standard InChI is InChI=1S/2C6H6O4S.Ca.Na.H/c2*7-5-3-1-2-4-6(5)11(8,9)10;;;/h2*1-4,7H,(H,8,9,10);;;/q;;+2;;/p-2. The van der Waals surface area contributed by atoms with E-state index in [1.165, 1.54) is 24.3 Å². The van der Waals surface area contributed by atoms with Gasteiger partial charge in [0.05, 0.1) is 9.79 Å². The van der Waals surface area contributed by atoms with Gasteiger partial charge >= 0.3 is 67.3 Å². The molecule has 2 N–H and O–H groups in total. The molecule has 0 aliphatic rings. The average Bonchev–Trinajstić information content (AvgIpc) is 2.37. The average molecular weight is 410 g/mol. The van der Waals surface area contributed by atoms with Crippen LogP contribution in [0.4, 0.5) is 0 Å². The summed E-state index contributed by atoms with van der Waals surface area (Å²) in [5.41, 5.74) is 0. The summed E-state index contributed by atoms with van der Waals surface area (Å²) in [7, 11) is -9.07. The fourth-order valence-electron chi connectivity index (χ4n) is 1.34. The number of hydrogen-bond acceptors (Lipinski definition) is 8. The second kappa shape index (κ2) is 11.0. The number of hydrogen-bond donors (Lipinski definition) is 2. The molecule has 0 saturated carbocycles. The first-order chi connectivity index (χ1) is 10.0. The van der Waals surface area contributed by atoms with E-state index in [0.29, 0.717) is 0 Å². The molecule has 24 heavy (non-hydrogen) atoms. The first-order valence-electron chi connectivity index (χ1n) is 5.51. The van der Waals surface area contributed by atoms with Gasteiger partial charge in [-0.1, -0.05) is 24.3 Å². The molecular formula is C12H11CaNaO8S2. The maximum atomic E-state index is 10.3. The quantitative estimate of drug-likeness (QED) is 0.499. The van der Waals surface area contributed by atoms with Crippen molar-refractivity contribution in [1.82, 2.24) is 0 Å². The summed E-state index contributed by atoms with van der Waals surface area (Å²) >= 11 is 0. The third kappa shape index (κ3) is 8.48. The molecule has 0 aliphatic heterocycles. The van der Waals surface area contributed by atoms with Gasteiger partial charge in [0.1, 0.15) is 31.7 Å². The number of phenols is 2. The zero-order valence-electron chi connectivity index (χ0n) is 11.5. The fourth-order valence-corrected chi connectivity index (χ4v) is 2.48. The van der Waals surface area contributed by atoms with Gasteiger partial charge in [0.25, 0.3) is 0 Å². The van der Waals surface area contributed by atoms with E-state index in [-0.39, 0.29) is 67.3 Å². The summed E-state index contributed by atoms with van der Waals surface area (Å²) in [6.07, 6.45) is 0. The monoisotopic (exact) mass is 410 g/mol. The SMILES string of the molecule is O=S(=O)([O-])c1ccccc1O.O=S(=O)([O-])c1ccccc1O.[Ca+2].[NaH]. The zero-order valence-corrected chi connectivity index (χ0v) is 15.3. The number of para-hydroxylation sites is 2. The van der Waals surface area contributed by atoms with Crippen molar-refractivity contribution < 1.29 is 36.2 Å². The van der Waals surface area contributed by atoms with Crippen LogP contribution in [0.3, 0.4) is 0 Å². The van der Waals surface area contributed by atoms with E-state index in [1.54, 1.807) is 0 Å². The van der Waals surface area contributed by atoms with E-state index in [2.05, 4.69) is 0 Å². The van der Waals surface area contributed by atoms with Gasteiger partial charge in [-0.05, 0) is 24.3 Å². The second-order valence-corrected chi connectivity index (χ2v) is 6.54. The molecule has 0 spiro atoms. The van der Waals surface area contributed by atoms with Crippen LogP contribution in [0.1, 0.15) is 0 Å². The van der Waals surface area contributed by atoms with Crippen molar-refractivity contribution in [3.05, 3.63) is 48.5 Å². The van der Waals surface area contributed by atoms with E-state index in [0.717, 1.165) is 24.3 Å². The molecule has 0 unspecified atom stereocenters. The molecule has 122 valence electrons. The molecule has 0 aromatic heterocycles. The van der Waals surface area contributed by atoms with Crippen LogP contribution in [0.2, 0.25) is 0 Å². The van der Waals surface area contributed by atoms with Crippen LogP contribution in [0.25, 0.3) is 0 Å². The summed E-state index contributed by atoms with van der Waals surface area (Å²) in [4.78, 5) is -1.17. The Morgan fingerprint density at radius 2 is 0.917 bits per heavy atom. The molecule has 0 aliphatic carbocycles. The van der Waals surface area contributed by atoms with E-state index in [9.17, 15) is 25.9 Å². The summed E-state index contributed by atoms with van der Waals surface area (Å²) in [6.45, 7) is 0. The Morgan fingerprint density at radius 1 is 0.667 bits per heavy atom. The Morgan fingerprint density at radius 3 is 1.08 bits per heavy atom. The van der Waals surface area contributed by atoms with Crippen LogP contribution < -0.4 is 0 Å². The van der Waals surface area contributed by atoms with Crippen molar-refractivity contribution in [2.45, 2.75) is 9.79 Å². The number of rotatable bonds is 2. The first kappa shape index (κ1) is 26.3. The van der Waals surface area contributed by atoms with Crippen LogP contribution in [-0.2, 0) is 20.2 Å². The van der Waals surface area contributed by atoms with Gasteiger partial charge in [0.15, 0.2) is 0 Å². The summed E-state index contributed by atoms with van der Waals surface area (Å²) < 4.78 is 62.0. The number of benzene rings is 2. The Balaban J connectivity index is 0. The number of phenolic OH excluding ortho intramolecular Hbond substituents is 2. The van der Waals surface area contributed by atoms with Gasteiger partial charge in [0.2, 0.25) is 0 Å². The second-order valence-electron chi connectivity index (χ2n) is 3.84. The van der Waals surface area contributed by atoms with Gasteiger partial charge < -0.3 is 19.3 Å². The van der Waals surface area contributed by atoms with Crippen LogP contribution in [0, 0.1) is 0 Å². The molecule has 0 atom stereocenters. The van der Waals surface area contributed by atoms with Gasteiger partial charge in [-0.15, -0.1) is 0 Å². The Bertz CT molecular complexity index is 795. The van der Waals surface area contributed by atoms with Gasteiger partial charge in [-0.3, -0.25) is 0 Å². The summed E-state index contributed by atoms with van der Waals surface area (Å²) in [5, 5.41) is 17.7. The van der Waals surface area contributed by atoms with Crippen molar-refractivity contribution in [2.24, 2.45) is 0 Å². The maximum absolute atomic E-state index is 10.3. The zero-order chi connectivity index (χ0) is 17.0. The van der Waals surface area contributed by atoms with Gasteiger partial charge in [-0.2, -0.15) is 0 Å². The predicted octanol–water partition coefficient (Wildman–Crippen LogP) is -0.437. The molecule has 0 radical (unpaired) electrons. The molecule has 2 aromatic carbocycles. The molecule has 0 heterocycles. The third-order valence-electron chi connectivity index (χ3n) is 2.27. The van der Waals surface area contributed by atoms with Crippen LogP contribution in [0.5, 0.6) is 11.5 Å². The minimum atomic E-state index is -4.53. The van der Waals surface area contributed by atoms with Gasteiger partial charge in [0, 0.05) is 0 Å². The summed E-state index contributed by atoms with van der Waals surface area (Å²) in [6, 6.07) is 9.99. The molecule has 2 aromatic rings.